The lowest BCUT2D eigenvalue weighted by atomic mass is 10.1. The normalized spacial score (nSPS) is 14.3. The van der Waals surface area contributed by atoms with E-state index in [1.165, 1.54) is 5.56 Å². The second-order valence-corrected chi connectivity index (χ2v) is 6.91. The van der Waals surface area contributed by atoms with E-state index in [0.717, 1.165) is 36.7 Å². The second-order valence-electron chi connectivity index (χ2n) is 6.91. The average molecular weight is 527 g/mol. The largest absolute Gasteiger partial charge is 0.450 e. The van der Waals surface area contributed by atoms with E-state index in [2.05, 4.69) is 27.1 Å². The Kier molecular flexibility index (Phi) is 9.41. The third-order valence-electron chi connectivity index (χ3n) is 4.83. The molecule has 1 amide bonds. The summed E-state index contributed by atoms with van der Waals surface area (Å²) < 4.78 is 10.7. The third-order valence-corrected chi connectivity index (χ3v) is 4.83. The van der Waals surface area contributed by atoms with Crippen LogP contribution in [0.25, 0.3) is 11.5 Å². The summed E-state index contributed by atoms with van der Waals surface area (Å²) in [5.41, 5.74) is 3.08. The van der Waals surface area contributed by atoms with Crippen LogP contribution < -0.4 is 5.32 Å². The Bertz CT molecular complexity index is 829. The van der Waals surface area contributed by atoms with Gasteiger partial charge in [-0.1, -0.05) is 17.7 Å². The molecule has 0 bridgehead atoms. The van der Waals surface area contributed by atoms with Crippen LogP contribution in [0.2, 0.25) is 0 Å². The zero-order chi connectivity index (χ0) is 20.6. The lowest BCUT2D eigenvalue weighted by molar-refractivity contribution is 0.0914. The van der Waals surface area contributed by atoms with Crippen molar-refractivity contribution in [1.29, 1.82) is 0 Å². The van der Waals surface area contributed by atoms with Crippen LogP contribution in [0.3, 0.4) is 0 Å². The van der Waals surface area contributed by atoms with E-state index in [1.54, 1.807) is 18.2 Å². The molecule has 0 radical (unpaired) electrons. The highest BCUT2D eigenvalue weighted by molar-refractivity contribution is 14.0. The van der Waals surface area contributed by atoms with Crippen molar-refractivity contribution in [3.8, 4) is 11.5 Å². The van der Waals surface area contributed by atoms with Crippen molar-refractivity contribution >= 4 is 36.0 Å². The Morgan fingerprint density at radius 2 is 1.87 bits per heavy atom. The molecule has 1 aromatic heterocycles. The van der Waals surface area contributed by atoms with Gasteiger partial charge in [-0.15, -0.1) is 24.0 Å². The highest BCUT2D eigenvalue weighted by Crippen LogP contribution is 2.19. The Balaban J connectivity index is 0.00000320. The molecule has 1 N–H and O–H groups in total. The highest BCUT2D eigenvalue weighted by Gasteiger charge is 2.23. The fraction of sp³-hybridized carbons (Fsp3) is 0.476. The molecule has 1 aliphatic heterocycles. The number of carbonyl (C=O) groups is 1. The maximum atomic E-state index is 11.8. The Morgan fingerprint density at radius 1 is 1.20 bits per heavy atom. The first-order valence-corrected chi connectivity index (χ1v) is 9.99. The molecule has 2 heterocycles. The maximum Gasteiger partial charge on any atom is 0.409 e. The minimum Gasteiger partial charge on any atom is -0.450 e. The van der Waals surface area contributed by atoms with Crippen molar-refractivity contribution in [2.75, 3.05) is 46.4 Å². The molecule has 0 aliphatic carbocycles. The van der Waals surface area contributed by atoms with Crippen LogP contribution in [0.5, 0.6) is 0 Å². The summed E-state index contributed by atoms with van der Waals surface area (Å²) in [5.74, 6) is 1.47. The van der Waals surface area contributed by atoms with Gasteiger partial charge in [0.15, 0.2) is 5.96 Å². The number of hydrogen-bond acceptors (Lipinski definition) is 5. The van der Waals surface area contributed by atoms with Crippen molar-refractivity contribution in [3.63, 3.8) is 0 Å². The molecular formula is C21H30IN5O3. The first-order chi connectivity index (χ1) is 14.1. The number of amides is 1. The predicted molar refractivity (Wildman–Crippen MR) is 127 cm³/mol. The molecular weight excluding hydrogens is 497 g/mol. The number of aryl methyl sites for hydroxylation is 1. The number of rotatable bonds is 5. The average Bonchev–Trinajstić information content (AvgIpc) is 3.21. The smallest absolute Gasteiger partial charge is 0.409 e. The highest BCUT2D eigenvalue weighted by atomic mass is 127. The van der Waals surface area contributed by atoms with Gasteiger partial charge in [0.25, 0.3) is 0 Å². The number of aromatic nitrogens is 1. The van der Waals surface area contributed by atoms with Crippen molar-refractivity contribution in [1.82, 2.24) is 20.1 Å². The van der Waals surface area contributed by atoms with Gasteiger partial charge in [-0.3, -0.25) is 4.99 Å². The third kappa shape index (κ3) is 6.35. The van der Waals surface area contributed by atoms with Gasteiger partial charge in [-0.25, -0.2) is 9.78 Å². The lowest BCUT2D eigenvalue weighted by Crippen LogP contribution is -2.54. The van der Waals surface area contributed by atoms with Gasteiger partial charge in [0.1, 0.15) is 6.26 Å². The summed E-state index contributed by atoms with van der Waals surface area (Å²) in [6.45, 7) is 7.67. The number of nitrogens with zero attached hydrogens (tertiary/aromatic N) is 4. The Hall–Kier alpha value is -2.30. The molecule has 1 saturated heterocycles. The predicted octanol–water partition coefficient (Wildman–Crippen LogP) is 3.16. The molecule has 8 nitrogen and oxygen atoms in total. The summed E-state index contributed by atoms with van der Waals surface area (Å²) >= 11 is 0. The van der Waals surface area contributed by atoms with Crippen LogP contribution in [0.1, 0.15) is 18.2 Å². The second kappa shape index (κ2) is 11.8. The quantitative estimate of drug-likeness (QED) is 0.366. The number of aliphatic imine (C=N–C) groups is 1. The number of benzene rings is 1. The van der Waals surface area contributed by atoms with Gasteiger partial charge >= 0.3 is 6.09 Å². The standard InChI is InChI=1S/C21H29N5O3.HI/c1-4-28-21(27)26-13-11-25(12-14-26)20(22-3)23-10-9-18-15-29-19(24-18)17-7-5-16(2)6-8-17;/h5-8,15H,4,9-14H2,1-3H3,(H,22,23);1H. The van der Waals surface area contributed by atoms with Gasteiger partial charge in [-0.2, -0.15) is 0 Å². The van der Waals surface area contributed by atoms with Crippen molar-refractivity contribution in [3.05, 3.63) is 41.8 Å². The van der Waals surface area contributed by atoms with E-state index in [-0.39, 0.29) is 30.1 Å². The number of nitrogens with one attached hydrogen (secondary N) is 1. The number of halogens is 1. The van der Waals surface area contributed by atoms with E-state index in [1.807, 2.05) is 31.2 Å². The maximum absolute atomic E-state index is 11.8. The van der Waals surface area contributed by atoms with Gasteiger partial charge in [0, 0.05) is 51.8 Å². The minimum absolute atomic E-state index is 0. The van der Waals surface area contributed by atoms with Gasteiger partial charge in [-0.05, 0) is 26.0 Å². The molecule has 1 fully saturated rings. The molecule has 0 saturated carbocycles. The number of ether oxygens (including phenoxy) is 1. The van der Waals surface area contributed by atoms with E-state index in [9.17, 15) is 4.79 Å². The fourth-order valence-electron chi connectivity index (χ4n) is 3.20. The number of guanidine groups is 1. The molecule has 1 aromatic carbocycles. The van der Waals surface area contributed by atoms with E-state index >= 15 is 0 Å². The van der Waals surface area contributed by atoms with Crippen LogP contribution in [0.4, 0.5) is 4.79 Å². The number of carbonyl (C=O) groups excluding carboxylic acids is 1. The fourth-order valence-corrected chi connectivity index (χ4v) is 3.20. The summed E-state index contributed by atoms with van der Waals surface area (Å²) in [6, 6.07) is 8.13. The van der Waals surface area contributed by atoms with Crippen molar-refractivity contribution in [2.24, 2.45) is 4.99 Å². The van der Waals surface area contributed by atoms with Crippen LogP contribution in [0, 0.1) is 6.92 Å². The molecule has 9 heteroatoms. The zero-order valence-corrected chi connectivity index (χ0v) is 20.1. The first kappa shape index (κ1) is 24.0. The molecule has 164 valence electrons. The van der Waals surface area contributed by atoms with Gasteiger partial charge in [0.05, 0.1) is 12.3 Å². The SMILES string of the molecule is CCOC(=O)N1CCN(C(=NC)NCCc2coc(-c3ccc(C)cc3)n2)CC1.I. The molecule has 1 aliphatic rings. The summed E-state index contributed by atoms with van der Waals surface area (Å²) in [6.07, 6.45) is 2.19. The summed E-state index contributed by atoms with van der Waals surface area (Å²) in [7, 11) is 1.77. The number of hydrogen-bond donors (Lipinski definition) is 1. The van der Waals surface area contributed by atoms with E-state index in [4.69, 9.17) is 9.15 Å². The molecule has 0 spiro atoms. The number of piperazine rings is 1. The van der Waals surface area contributed by atoms with Crippen LogP contribution in [-0.2, 0) is 11.2 Å². The molecule has 2 aromatic rings. The Labute approximate surface area is 194 Å². The lowest BCUT2D eigenvalue weighted by Gasteiger charge is -2.35. The monoisotopic (exact) mass is 527 g/mol. The van der Waals surface area contributed by atoms with Gasteiger partial charge < -0.3 is 24.3 Å². The van der Waals surface area contributed by atoms with E-state index in [0.29, 0.717) is 32.1 Å². The number of oxazole rings is 1. The van der Waals surface area contributed by atoms with Crippen molar-refractivity contribution < 1.29 is 13.9 Å². The first-order valence-electron chi connectivity index (χ1n) is 9.99. The molecule has 0 atom stereocenters. The summed E-state index contributed by atoms with van der Waals surface area (Å²) in [4.78, 5) is 24.6. The molecule has 30 heavy (non-hydrogen) atoms. The minimum atomic E-state index is -0.245. The van der Waals surface area contributed by atoms with E-state index < -0.39 is 0 Å². The molecule has 0 unspecified atom stereocenters. The Morgan fingerprint density at radius 3 is 2.50 bits per heavy atom. The van der Waals surface area contributed by atoms with Gasteiger partial charge in [0.2, 0.25) is 5.89 Å². The topological polar surface area (TPSA) is 83.2 Å². The molecule has 3 rings (SSSR count). The van der Waals surface area contributed by atoms with Crippen LogP contribution in [-0.4, -0.2) is 73.2 Å². The van der Waals surface area contributed by atoms with Crippen molar-refractivity contribution in [2.45, 2.75) is 20.3 Å². The van der Waals surface area contributed by atoms with Crippen LogP contribution >= 0.6 is 24.0 Å². The zero-order valence-electron chi connectivity index (χ0n) is 17.8. The van der Waals surface area contributed by atoms with Crippen LogP contribution in [0.15, 0.2) is 39.9 Å². The summed E-state index contributed by atoms with van der Waals surface area (Å²) in [5, 5.41) is 3.37.